The third kappa shape index (κ3) is 5.94. The predicted molar refractivity (Wildman–Crippen MR) is 112 cm³/mol. The van der Waals surface area contributed by atoms with Crippen LogP contribution < -0.4 is 16.0 Å². The van der Waals surface area contributed by atoms with E-state index >= 15 is 0 Å². The largest absolute Gasteiger partial charge is 0.354 e. The number of aromatic nitrogens is 1. The van der Waals surface area contributed by atoms with E-state index in [1.54, 1.807) is 18.5 Å². The standard InChI is InChI=1S/C22H26N4O2/c1-16(27)25-19-7-9-20(10-8-19)26-21-13-18(14-23-15-21)22(28)24-12-11-17-5-3-2-4-6-17/h5,7-10,13-15,26H,2-4,6,11-12H2,1H3,(H,24,28)(H,25,27). The molecule has 0 spiro atoms. The Balaban J connectivity index is 1.54. The molecule has 6 heteroatoms. The van der Waals surface area contributed by atoms with Crippen molar-refractivity contribution < 1.29 is 9.59 Å². The third-order valence-electron chi connectivity index (χ3n) is 4.61. The van der Waals surface area contributed by atoms with Crippen molar-refractivity contribution in [2.75, 3.05) is 17.2 Å². The SMILES string of the molecule is CC(=O)Nc1ccc(Nc2cncc(C(=O)NCCC3=CCCCC3)c2)cc1. The highest BCUT2D eigenvalue weighted by atomic mass is 16.2. The lowest BCUT2D eigenvalue weighted by Gasteiger charge is -2.13. The zero-order valence-electron chi connectivity index (χ0n) is 16.1. The lowest BCUT2D eigenvalue weighted by Crippen LogP contribution is -2.25. The van der Waals surface area contributed by atoms with Gasteiger partial charge in [0.05, 0.1) is 17.4 Å². The van der Waals surface area contributed by atoms with Crippen LogP contribution >= 0.6 is 0 Å². The summed E-state index contributed by atoms with van der Waals surface area (Å²) in [7, 11) is 0. The van der Waals surface area contributed by atoms with Gasteiger partial charge in [0, 0.05) is 31.0 Å². The maximum atomic E-state index is 12.4. The summed E-state index contributed by atoms with van der Waals surface area (Å²) in [6.45, 7) is 2.12. The molecule has 3 N–H and O–H groups in total. The van der Waals surface area contributed by atoms with Crippen LogP contribution in [0.3, 0.4) is 0 Å². The van der Waals surface area contributed by atoms with Crippen molar-refractivity contribution in [1.82, 2.24) is 10.3 Å². The lowest BCUT2D eigenvalue weighted by atomic mass is 9.97. The molecule has 1 heterocycles. The summed E-state index contributed by atoms with van der Waals surface area (Å²) in [6.07, 6.45) is 11.3. The van der Waals surface area contributed by atoms with Crippen molar-refractivity contribution in [1.29, 1.82) is 0 Å². The van der Waals surface area contributed by atoms with Gasteiger partial charge in [0.2, 0.25) is 5.91 Å². The average molecular weight is 378 g/mol. The topological polar surface area (TPSA) is 83.1 Å². The molecule has 2 amide bonds. The quantitative estimate of drug-likeness (QED) is 0.624. The predicted octanol–water partition coefficient (Wildman–Crippen LogP) is 4.40. The number of hydrogen-bond donors (Lipinski definition) is 3. The first-order valence-electron chi connectivity index (χ1n) is 9.66. The van der Waals surface area contributed by atoms with E-state index in [0.29, 0.717) is 12.1 Å². The fourth-order valence-corrected chi connectivity index (χ4v) is 3.21. The molecule has 146 valence electrons. The van der Waals surface area contributed by atoms with Crippen molar-refractivity contribution in [2.24, 2.45) is 0 Å². The summed E-state index contributed by atoms with van der Waals surface area (Å²) in [6, 6.07) is 9.12. The summed E-state index contributed by atoms with van der Waals surface area (Å²) in [4.78, 5) is 27.6. The van der Waals surface area contributed by atoms with Gasteiger partial charge in [0.25, 0.3) is 5.91 Å². The Bertz CT molecular complexity index is 859. The van der Waals surface area contributed by atoms with Gasteiger partial charge < -0.3 is 16.0 Å². The Labute approximate surface area is 165 Å². The van der Waals surface area contributed by atoms with Crippen molar-refractivity contribution in [3.63, 3.8) is 0 Å². The number of amides is 2. The molecule has 0 unspecified atom stereocenters. The molecule has 3 rings (SSSR count). The second kappa shape index (κ2) is 9.69. The zero-order valence-corrected chi connectivity index (χ0v) is 16.1. The third-order valence-corrected chi connectivity index (χ3v) is 4.61. The molecule has 0 atom stereocenters. The molecule has 6 nitrogen and oxygen atoms in total. The van der Waals surface area contributed by atoms with Gasteiger partial charge in [-0.15, -0.1) is 0 Å². The summed E-state index contributed by atoms with van der Waals surface area (Å²) in [5.41, 5.74) is 4.28. The molecule has 0 saturated carbocycles. The first kappa shape index (κ1) is 19.6. The minimum atomic E-state index is -0.117. The highest BCUT2D eigenvalue weighted by Gasteiger charge is 2.09. The fraction of sp³-hybridized carbons (Fsp3) is 0.318. The lowest BCUT2D eigenvalue weighted by molar-refractivity contribution is -0.114. The Morgan fingerprint density at radius 2 is 1.82 bits per heavy atom. The molecule has 0 aliphatic heterocycles. The Morgan fingerprint density at radius 1 is 1.04 bits per heavy atom. The average Bonchev–Trinajstić information content (AvgIpc) is 2.70. The van der Waals surface area contributed by atoms with E-state index < -0.39 is 0 Å². The highest BCUT2D eigenvalue weighted by molar-refractivity contribution is 5.95. The van der Waals surface area contributed by atoms with E-state index in [9.17, 15) is 9.59 Å². The smallest absolute Gasteiger partial charge is 0.252 e. The fourth-order valence-electron chi connectivity index (χ4n) is 3.21. The van der Waals surface area contributed by atoms with Crippen LogP contribution in [0.4, 0.5) is 17.1 Å². The summed E-state index contributed by atoms with van der Waals surface area (Å²) >= 11 is 0. The van der Waals surface area contributed by atoms with Crippen molar-refractivity contribution in [2.45, 2.75) is 39.0 Å². The van der Waals surface area contributed by atoms with E-state index in [0.717, 1.165) is 36.3 Å². The minimum absolute atomic E-state index is 0.108. The van der Waals surface area contributed by atoms with E-state index in [1.807, 2.05) is 24.3 Å². The van der Waals surface area contributed by atoms with E-state index in [2.05, 4.69) is 27.0 Å². The van der Waals surface area contributed by atoms with Crippen molar-refractivity contribution in [3.8, 4) is 0 Å². The van der Waals surface area contributed by atoms with Crippen molar-refractivity contribution >= 4 is 28.9 Å². The van der Waals surface area contributed by atoms with Crippen LogP contribution in [0.2, 0.25) is 0 Å². The normalized spacial score (nSPS) is 13.4. The molecular weight excluding hydrogens is 352 g/mol. The Morgan fingerprint density at radius 3 is 2.54 bits per heavy atom. The maximum Gasteiger partial charge on any atom is 0.252 e. The molecular formula is C22H26N4O2. The first-order valence-corrected chi connectivity index (χ1v) is 9.66. The van der Waals surface area contributed by atoms with Gasteiger partial charge >= 0.3 is 0 Å². The molecule has 2 aromatic rings. The Kier molecular flexibility index (Phi) is 6.78. The van der Waals surface area contributed by atoms with Gasteiger partial charge in [0.1, 0.15) is 0 Å². The molecule has 0 saturated heterocycles. The van der Waals surface area contributed by atoms with Gasteiger partial charge in [-0.05, 0) is 62.4 Å². The Hall–Kier alpha value is -3.15. The number of allylic oxidation sites excluding steroid dienone is 1. The number of rotatable bonds is 7. The zero-order chi connectivity index (χ0) is 19.8. The van der Waals surface area contributed by atoms with Crippen LogP contribution in [0.5, 0.6) is 0 Å². The minimum Gasteiger partial charge on any atom is -0.354 e. The monoisotopic (exact) mass is 378 g/mol. The van der Waals surface area contributed by atoms with Gasteiger partial charge in [-0.3, -0.25) is 14.6 Å². The molecule has 1 aromatic carbocycles. The number of hydrogen-bond acceptors (Lipinski definition) is 4. The molecule has 0 radical (unpaired) electrons. The maximum absolute atomic E-state index is 12.4. The van der Waals surface area contributed by atoms with Crippen LogP contribution in [0.25, 0.3) is 0 Å². The second-order valence-corrected chi connectivity index (χ2v) is 6.96. The molecule has 1 aliphatic rings. The van der Waals surface area contributed by atoms with E-state index in [4.69, 9.17) is 0 Å². The van der Waals surface area contributed by atoms with E-state index in [-0.39, 0.29) is 11.8 Å². The number of nitrogens with one attached hydrogen (secondary N) is 3. The van der Waals surface area contributed by atoms with Crippen LogP contribution in [0.15, 0.2) is 54.4 Å². The number of anilines is 3. The number of benzene rings is 1. The number of carbonyl (C=O) groups is 2. The van der Waals surface area contributed by atoms with E-state index in [1.165, 1.54) is 25.3 Å². The van der Waals surface area contributed by atoms with Gasteiger partial charge in [-0.1, -0.05) is 11.6 Å². The van der Waals surface area contributed by atoms with Crippen molar-refractivity contribution in [3.05, 3.63) is 59.9 Å². The first-order chi connectivity index (χ1) is 13.6. The van der Waals surface area contributed by atoms with Gasteiger partial charge in [0.15, 0.2) is 0 Å². The molecule has 28 heavy (non-hydrogen) atoms. The number of carbonyl (C=O) groups excluding carboxylic acids is 2. The summed E-state index contributed by atoms with van der Waals surface area (Å²) in [5, 5.41) is 8.93. The number of pyridine rings is 1. The van der Waals surface area contributed by atoms with Gasteiger partial charge in [-0.25, -0.2) is 0 Å². The second-order valence-electron chi connectivity index (χ2n) is 6.96. The summed E-state index contributed by atoms with van der Waals surface area (Å²) in [5.74, 6) is -0.225. The number of nitrogens with zero attached hydrogens (tertiary/aromatic N) is 1. The molecule has 0 fully saturated rings. The van der Waals surface area contributed by atoms with Crippen LogP contribution in [-0.2, 0) is 4.79 Å². The van der Waals surface area contributed by atoms with Crippen LogP contribution in [0, 0.1) is 0 Å². The van der Waals surface area contributed by atoms with Crippen LogP contribution in [-0.4, -0.2) is 23.3 Å². The van der Waals surface area contributed by atoms with Crippen LogP contribution in [0.1, 0.15) is 49.4 Å². The molecule has 1 aliphatic carbocycles. The molecule has 0 bridgehead atoms. The highest BCUT2D eigenvalue weighted by Crippen LogP contribution is 2.20. The van der Waals surface area contributed by atoms with Gasteiger partial charge in [-0.2, -0.15) is 0 Å². The molecule has 1 aromatic heterocycles. The summed E-state index contributed by atoms with van der Waals surface area (Å²) < 4.78 is 0.